The minimum atomic E-state index is -0.506. The van der Waals surface area contributed by atoms with Crippen molar-refractivity contribution >= 4 is 17.8 Å². The Bertz CT molecular complexity index is 714. The Balaban J connectivity index is 0.000000238. The Morgan fingerprint density at radius 3 is 2.26 bits per heavy atom. The van der Waals surface area contributed by atoms with Gasteiger partial charge in [-0.2, -0.15) is 0 Å². The molecule has 0 atom stereocenters. The number of phenolic OH excluding ortho intramolecular Hbond substituents is 2. The molecule has 0 aliphatic rings. The van der Waals surface area contributed by atoms with E-state index in [1.54, 1.807) is 0 Å². The number of nitrogens with zero attached hydrogens (tertiary/aromatic N) is 1. The lowest BCUT2D eigenvalue weighted by atomic mass is 10.2. The zero-order valence-electron chi connectivity index (χ0n) is 12.2. The van der Waals surface area contributed by atoms with E-state index in [1.165, 1.54) is 49.5 Å². The van der Waals surface area contributed by atoms with E-state index >= 15 is 0 Å². The van der Waals surface area contributed by atoms with Crippen LogP contribution in [0.5, 0.6) is 11.5 Å². The predicted molar refractivity (Wildman–Crippen MR) is 84.1 cm³/mol. The van der Waals surface area contributed by atoms with Gasteiger partial charge in [-0.1, -0.05) is 0 Å². The van der Waals surface area contributed by atoms with Crippen LogP contribution in [0.15, 0.2) is 42.5 Å². The molecule has 0 bridgehead atoms. The van der Waals surface area contributed by atoms with Crippen LogP contribution in [0.3, 0.4) is 0 Å². The molecule has 2 rings (SSSR count). The van der Waals surface area contributed by atoms with Gasteiger partial charge in [0.1, 0.15) is 11.5 Å². The molecule has 0 aromatic heterocycles. The van der Waals surface area contributed by atoms with E-state index in [9.17, 15) is 14.9 Å². The largest absolute Gasteiger partial charge is 0.508 e. The fourth-order valence-electron chi connectivity index (χ4n) is 1.53. The van der Waals surface area contributed by atoms with Gasteiger partial charge in [-0.15, -0.1) is 0 Å². The van der Waals surface area contributed by atoms with E-state index in [1.807, 2.05) is 0 Å². The van der Waals surface area contributed by atoms with E-state index in [4.69, 9.17) is 15.6 Å². The van der Waals surface area contributed by atoms with Crippen LogP contribution in [0.25, 0.3) is 0 Å². The molecular weight excluding hydrogens is 302 g/mol. The molecule has 2 aromatic rings. The predicted octanol–water partition coefficient (Wildman–Crippen LogP) is 2.05. The molecule has 8 nitrogen and oxygen atoms in total. The highest BCUT2D eigenvalue weighted by molar-refractivity contribution is 5.94. The number of nitrogens with one attached hydrogen (secondary N) is 2. The van der Waals surface area contributed by atoms with Gasteiger partial charge in [0.05, 0.1) is 4.92 Å². The maximum atomic E-state index is 11.0. The molecule has 0 saturated heterocycles. The smallest absolute Gasteiger partial charge is 0.269 e. The van der Waals surface area contributed by atoms with Gasteiger partial charge in [0, 0.05) is 42.6 Å². The maximum absolute atomic E-state index is 11.0. The van der Waals surface area contributed by atoms with Crippen molar-refractivity contribution < 1.29 is 19.9 Å². The Labute approximate surface area is 131 Å². The Kier molecular flexibility index (Phi) is 6.23. The van der Waals surface area contributed by atoms with Crippen molar-refractivity contribution in [1.82, 2.24) is 5.32 Å². The highest BCUT2D eigenvalue weighted by Crippen LogP contribution is 2.20. The summed E-state index contributed by atoms with van der Waals surface area (Å²) < 4.78 is 0. The Hall–Kier alpha value is -3.42. The molecule has 0 radical (unpaired) electrons. The number of nitro benzene ring substituents is 1. The molecule has 23 heavy (non-hydrogen) atoms. The fraction of sp³-hybridized carbons (Fsp3) is 0.0667. The van der Waals surface area contributed by atoms with E-state index in [0.29, 0.717) is 11.1 Å². The summed E-state index contributed by atoms with van der Waals surface area (Å²) in [6, 6.07) is 9.50. The first-order chi connectivity index (χ1) is 10.9. The van der Waals surface area contributed by atoms with Crippen LogP contribution >= 0.6 is 0 Å². The number of benzene rings is 2. The van der Waals surface area contributed by atoms with E-state index in [2.05, 4.69) is 5.32 Å². The first-order valence-corrected chi connectivity index (χ1v) is 6.38. The van der Waals surface area contributed by atoms with Crippen molar-refractivity contribution in [2.75, 3.05) is 7.05 Å². The monoisotopic (exact) mass is 317 g/mol. The lowest BCUT2D eigenvalue weighted by Crippen LogP contribution is -2.17. The van der Waals surface area contributed by atoms with Gasteiger partial charge >= 0.3 is 0 Å². The molecule has 4 N–H and O–H groups in total. The third-order valence-electron chi connectivity index (χ3n) is 2.74. The van der Waals surface area contributed by atoms with Crippen LogP contribution in [0.1, 0.15) is 15.9 Å². The highest BCUT2D eigenvalue weighted by Gasteiger charge is 2.07. The number of non-ortho nitro benzene ring substituents is 1. The lowest BCUT2D eigenvalue weighted by molar-refractivity contribution is -0.384. The van der Waals surface area contributed by atoms with Crippen LogP contribution < -0.4 is 5.32 Å². The van der Waals surface area contributed by atoms with Crippen molar-refractivity contribution in [1.29, 1.82) is 5.41 Å². The van der Waals surface area contributed by atoms with Crippen molar-refractivity contribution in [3.8, 4) is 11.5 Å². The van der Waals surface area contributed by atoms with Crippen LogP contribution in [0, 0.1) is 15.5 Å². The molecule has 0 heterocycles. The number of carbonyl (C=O) groups excluding carboxylic acids is 1. The van der Waals surface area contributed by atoms with Crippen LogP contribution in [0.4, 0.5) is 5.69 Å². The van der Waals surface area contributed by atoms with Crippen molar-refractivity contribution in [3.63, 3.8) is 0 Å². The molecule has 2 aromatic carbocycles. The molecular formula is C15H15N3O5. The molecule has 120 valence electrons. The first kappa shape index (κ1) is 17.6. The minimum Gasteiger partial charge on any atom is -0.508 e. The van der Waals surface area contributed by atoms with Gasteiger partial charge < -0.3 is 20.9 Å². The van der Waals surface area contributed by atoms with E-state index in [-0.39, 0.29) is 23.1 Å². The lowest BCUT2D eigenvalue weighted by Gasteiger charge is -1.97. The second kappa shape index (κ2) is 8.13. The van der Waals surface area contributed by atoms with E-state index < -0.39 is 4.92 Å². The van der Waals surface area contributed by atoms with Crippen LogP contribution in [-0.4, -0.2) is 34.3 Å². The Morgan fingerprint density at radius 1 is 1.22 bits per heavy atom. The minimum absolute atomic E-state index is 0.00287. The molecule has 0 saturated carbocycles. The van der Waals surface area contributed by atoms with Crippen molar-refractivity contribution in [2.24, 2.45) is 0 Å². The number of carbonyl (C=O) groups is 1. The van der Waals surface area contributed by atoms with Crippen LogP contribution in [-0.2, 0) is 0 Å². The number of hydrogen-bond acceptors (Lipinski definition) is 6. The van der Waals surface area contributed by atoms with Crippen molar-refractivity contribution in [2.45, 2.75) is 0 Å². The van der Waals surface area contributed by atoms with Gasteiger partial charge in [0.15, 0.2) is 0 Å². The summed E-state index contributed by atoms with van der Waals surface area (Å²) in [5.74, 6) is -0.326. The van der Waals surface area contributed by atoms with Gasteiger partial charge in [-0.25, -0.2) is 0 Å². The highest BCUT2D eigenvalue weighted by atomic mass is 16.6. The molecule has 0 aliphatic heterocycles. The molecule has 0 spiro atoms. The summed E-state index contributed by atoms with van der Waals surface area (Å²) in [5, 5.41) is 37.2. The molecule has 0 fully saturated rings. The number of nitro groups is 1. The normalized spacial score (nSPS) is 9.26. The first-order valence-electron chi connectivity index (χ1n) is 6.38. The average molecular weight is 317 g/mol. The third kappa shape index (κ3) is 5.12. The second-order valence-corrected chi connectivity index (χ2v) is 4.27. The zero-order valence-corrected chi connectivity index (χ0v) is 12.2. The van der Waals surface area contributed by atoms with Crippen LogP contribution in [0.2, 0.25) is 0 Å². The second-order valence-electron chi connectivity index (χ2n) is 4.27. The topological polar surface area (TPSA) is 137 Å². The number of phenols is 2. The van der Waals surface area contributed by atoms with Gasteiger partial charge in [-0.05, 0) is 24.3 Å². The summed E-state index contributed by atoms with van der Waals surface area (Å²) in [4.78, 5) is 20.8. The molecule has 8 heteroatoms. The summed E-state index contributed by atoms with van der Waals surface area (Å²) in [6.45, 7) is 0. The van der Waals surface area contributed by atoms with Gasteiger partial charge in [0.2, 0.25) is 0 Å². The molecule has 1 amide bonds. The zero-order chi connectivity index (χ0) is 17.4. The summed E-state index contributed by atoms with van der Waals surface area (Å²) >= 11 is 0. The fourth-order valence-corrected chi connectivity index (χ4v) is 1.53. The van der Waals surface area contributed by atoms with Crippen molar-refractivity contribution in [3.05, 3.63) is 63.7 Å². The standard InChI is InChI=1S/C8H8N2O3.C7H7NO2/c1-9-8(11)6-2-4-7(5-3-6)10(12)13;8-4-5-1-2-6(9)3-7(5)10/h2-5H,1H3,(H,9,11);1-4,8-10H. The quantitative estimate of drug-likeness (QED) is 0.390. The van der Waals surface area contributed by atoms with Gasteiger partial charge in [0.25, 0.3) is 11.6 Å². The molecule has 0 aliphatic carbocycles. The summed E-state index contributed by atoms with van der Waals surface area (Å²) in [6.07, 6.45) is 1.02. The molecule has 0 unspecified atom stereocenters. The number of amides is 1. The number of rotatable bonds is 3. The number of hydrogen-bond donors (Lipinski definition) is 4. The SMILES string of the molecule is CNC(=O)c1ccc([N+](=O)[O-])cc1.N=Cc1ccc(O)cc1O. The number of aromatic hydroxyl groups is 2. The third-order valence-corrected chi connectivity index (χ3v) is 2.74. The summed E-state index contributed by atoms with van der Waals surface area (Å²) in [5.41, 5.74) is 0.790. The van der Waals surface area contributed by atoms with E-state index in [0.717, 1.165) is 6.21 Å². The average Bonchev–Trinajstić information content (AvgIpc) is 2.55. The Morgan fingerprint density at radius 2 is 1.83 bits per heavy atom. The maximum Gasteiger partial charge on any atom is 0.269 e. The summed E-state index contributed by atoms with van der Waals surface area (Å²) in [7, 11) is 1.50. The van der Waals surface area contributed by atoms with Gasteiger partial charge in [-0.3, -0.25) is 14.9 Å².